The van der Waals surface area contributed by atoms with Crippen molar-refractivity contribution in [2.75, 3.05) is 6.54 Å². The van der Waals surface area contributed by atoms with Gasteiger partial charge in [0.2, 0.25) is 0 Å². The fraction of sp³-hybridized carbons (Fsp3) is 0.550. The maximum Gasteiger partial charge on any atom is 0.407 e. The molecule has 0 saturated heterocycles. The van der Waals surface area contributed by atoms with E-state index in [0.717, 1.165) is 18.5 Å². The first-order valence-corrected chi connectivity index (χ1v) is 8.59. The number of hydrogen-bond acceptors (Lipinski definition) is 3. The smallest absolute Gasteiger partial charge is 0.407 e. The summed E-state index contributed by atoms with van der Waals surface area (Å²) in [6, 6.07) is 0. The van der Waals surface area contributed by atoms with Gasteiger partial charge in [0.25, 0.3) is 0 Å². The van der Waals surface area contributed by atoms with Crippen LogP contribution in [0.4, 0.5) is 4.79 Å². The third kappa shape index (κ3) is 5.02. The average Bonchev–Trinajstić information content (AvgIpc) is 2.65. The highest BCUT2D eigenvalue weighted by Gasteiger charge is 2.27. The molecule has 0 aromatic carbocycles. The second kappa shape index (κ2) is 6.88. The van der Waals surface area contributed by atoms with E-state index in [1.807, 2.05) is 20.8 Å². The van der Waals surface area contributed by atoms with Crippen LogP contribution in [0.3, 0.4) is 0 Å². The zero-order chi connectivity index (χ0) is 18.0. The largest absolute Gasteiger partial charge is 0.444 e. The van der Waals surface area contributed by atoms with Gasteiger partial charge >= 0.3 is 6.09 Å². The summed E-state index contributed by atoms with van der Waals surface area (Å²) in [7, 11) is 0. The average molecular weight is 330 g/mol. The van der Waals surface area contributed by atoms with Crippen molar-refractivity contribution < 1.29 is 9.53 Å². The quantitative estimate of drug-likeness (QED) is 0.762. The Morgan fingerprint density at radius 2 is 2.00 bits per heavy atom. The van der Waals surface area contributed by atoms with Gasteiger partial charge in [0.1, 0.15) is 5.60 Å². The summed E-state index contributed by atoms with van der Waals surface area (Å²) < 4.78 is 5.33. The minimum Gasteiger partial charge on any atom is -0.444 e. The number of allylic oxidation sites excluding steroid dienone is 6. The number of amides is 1. The number of nitrogens with two attached hydrogens (primary N) is 1. The first-order valence-electron chi connectivity index (χ1n) is 8.59. The monoisotopic (exact) mass is 330 g/mol. The molecule has 2 aliphatic rings. The molecule has 1 amide bonds. The highest BCUT2D eigenvalue weighted by Crippen LogP contribution is 2.36. The Morgan fingerprint density at radius 3 is 2.67 bits per heavy atom. The summed E-state index contributed by atoms with van der Waals surface area (Å²) in [6.45, 7) is 10.4. The number of carbonyl (C=O) groups is 1. The van der Waals surface area contributed by atoms with Crippen LogP contribution < -0.4 is 11.1 Å². The van der Waals surface area contributed by atoms with Gasteiger partial charge in [-0.25, -0.2) is 4.79 Å². The van der Waals surface area contributed by atoms with Gasteiger partial charge in [-0.05, 0) is 45.3 Å². The summed E-state index contributed by atoms with van der Waals surface area (Å²) in [5, 5.41) is 2.90. The molecule has 3 N–H and O–H groups in total. The molecule has 0 aliphatic heterocycles. The number of rotatable bonds is 3. The minimum atomic E-state index is -0.484. The molecule has 0 aromatic rings. The van der Waals surface area contributed by atoms with E-state index in [2.05, 4.69) is 49.5 Å². The van der Waals surface area contributed by atoms with Crippen LogP contribution in [0.2, 0.25) is 0 Å². The van der Waals surface area contributed by atoms with Crippen molar-refractivity contribution in [1.29, 1.82) is 0 Å². The highest BCUT2D eigenvalue weighted by atomic mass is 16.6. The summed E-state index contributed by atoms with van der Waals surface area (Å²) >= 11 is 0. The lowest BCUT2D eigenvalue weighted by atomic mass is 9.80. The summed E-state index contributed by atoms with van der Waals surface area (Å²) in [5.41, 5.74) is 8.69. The summed E-state index contributed by atoms with van der Waals surface area (Å²) in [5.74, 6) is 0.407. The van der Waals surface area contributed by atoms with Crippen LogP contribution in [0, 0.1) is 11.3 Å². The molecule has 132 valence electrons. The van der Waals surface area contributed by atoms with Gasteiger partial charge in [0.15, 0.2) is 0 Å². The third-order valence-electron chi connectivity index (χ3n) is 4.36. The van der Waals surface area contributed by atoms with E-state index in [0.29, 0.717) is 12.5 Å². The molecule has 1 atom stereocenters. The number of alkyl carbamates (subject to hydrolysis) is 1. The molecule has 0 radical (unpaired) electrons. The number of ether oxygens (including phenoxy) is 1. The van der Waals surface area contributed by atoms with Gasteiger partial charge in [-0.3, -0.25) is 0 Å². The number of nitrogens with one attached hydrogen (secondary N) is 1. The first-order chi connectivity index (χ1) is 11.1. The van der Waals surface area contributed by atoms with E-state index in [-0.39, 0.29) is 11.5 Å². The van der Waals surface area contributed by atoms with Crippen molar-refractivity contribution >= 4 is 6.09 Å². The lowest BCUT2D eigenvalue weighted by molar-refractivity contribution is 0.0512. The van der Waals surface area contributed by atoms with Crippen molar-refractivity contribution in [3.8, 4) is 0 Å². The van der Waals surface area contributed by atoms with Gasteiger partial charge < -0.3 is 15.8 Å². The molecule has 0 bridgehead atoms. The predicted molar refractivity (Wildman–Crippen MR) is 98.3 cm³/mol. The number of fused-ring (bicyclic) bond motifs is 1. The van der Waals surface area contributed by atoms with Gasteiger partial charge in [-0.2, -0.15) is 0 Å². The van der Waals surface area contributed by atoms with Crippen LogP contribution in [0.15, 0.2) is 47.2 Å². The van der Waals surface area contributed by atoms with Crippen LogP contribution >= 0.6 is 0 Å². The zero-order valence-corrected chi connectivity index (χ0v) is 15.5. The van der Waals surface area contributed by atoms with Crippen molar-refractivity contribution in [2.24, 2.45) is 17.1 Å². The Hall–Kier alpha value is -1.97. The molecule has 0 spiro atoms. The first kappa shape index (κ1) is 18.4. The molecule has 24 heavy (non-hydrogen) atoms. The molecule has 0 saturated carbocycles. The molecule has 2 aliphatic carbocycles. The number of hydrogen-bond donors (Lipinski definition) is 2. The summed E-state index contributed by atoms with van der Waals surface area (Å²) in [6.07, 6.45) is 12.3. The minimum absolute atomic E-state index is 0.160. The van der Waals surface area contributed by atoms with E-state index in [1.165, 1.54) is 11.1 Å². The SMILES string of the molecule is CC(C)(C)OC(=O)NCC(C)(C)C1=CC2=CC(N)=CCC2C=CC1. The Bertz CT molecular complexity index is 616. The van der Waals surface area contributed by atoms with Crippen molar-refractivity contribution in [2.45, 2.75) is 53.1 Å². The van der Waals surface area contributed by atoms with Crippen molar-refractivity contribution in [3.63, 3.8) is 0 Å². The molecule has 0 heterocycles. The Morgan fingerprint density at radius 1 is 1.29 bits per heavy atom. The van der Waals surface area contributed by atoms with E-state index in [9.17, 15) is 4.79 Å². The number of carbonyl (C=O) groups excluding carboxylic acids is 1. The topological polar surface area (TPSA) is 64.3 Å². The second-order valence-corrected chi connectivity index (χ2v) is 8.23. The Labute approximate surface area is 145 Å². The van der Waals surface area contributed by atoms with Gasteiger partial charge in [0, 0.05) is 23.6 Å². The molecule has 4 nitrogen and oxygen atoms in total. The molecular weight excluding hydrogens is 300 g/mol. The van der Waals surface area contributed by atoms with E-state index in [1.54, 1.807) is 0 Å². The van der Waals surface area contributed by atoms with Crippen LogP contribution in [0.1, 0.15) is 47.5 Å². The second-order valence-electron chi connectivity index (χ2n) is 8.23. The van der Waals surface area contributed by atoms with E-state index in [4.69, 9.17) is 10.5 Å². The van der Waals surface area contributed by atoms with E-state index >= 15 is 0 Å². The van der Waals surface area contributed by atoms with Gasteiger partial charge in [-0.15, -0.1) is 0 Å². The zero-order valence-electron chi connectivity index (χ0n) is 15.5. The van der Waals surface area contributed by atoms with Crippen LogP contribution in [0.25, 0.3) is 0 Å². The fourth-order valence-corrected chi connectivity index (χ4v) is 2.91. The Kier molecular flexibility index (Phi) is 5.26. The van der Waals surface area contributed by atoms with Crippen LogP contribution in [0.5, 0.6) is 0 Å². The van der Waals surface area contributed by atoms with Gasteiger partial charge in [0.05, 0.1) is 0 Å². The standard InChI is InChI=1S/C20H30N2O2/c1-19(2,3)24-18(23)22-13-20(4,5)16-8-6-7-14-9-10-17(21)12-15(14)11-16/h6-7,10-12,14H,8-9,13,21H2,1-5H3,(H,22,23). The molecule has 1 unspecified atom stereocenters. The van der Waals surface area contributed by atoms with Crippen molar-refractivity contribution in [3.05, 3.63) is 47.2 Å². The molecule has 0 aromatic heterocycles. The molecule has 4 heteroatoms. The molecular formula is C20H30N2O2. The van der Waals surface area contributed by atoms with Gasteiger partial charge in [-0.1, -0.05) is 43.7 Å². The maximum absolute atomic E-state index is 11.9. The van der Waals surface area contributed by atoms with E-state index < -0.39 is 5.60 Å². The van der Waals surface area contributed by atoms with Crippen LogP contribution in [-0.4, -0.2) is 18.2 Å². The normalized spacial score (nSPS) is 21.0. The lowest BCUT2D eigenvalue weighted by Gasteiger charge is -2.29. The van der Waals surface area contributed by atoms with Crippen molar-refractivity contribution in [1.82, 2.24) is 5.32 Å². The van der Waals surface area contributed by atoms with Crippen LogP contribution in [-0.2, 0) is 4.74 Å². The highest BCUT2D eigenvalue weighted by molar-refractivity contribution is 5.67. The third-order valence-corrected chi connectivity index (χ3v) is 4.36. The fourth-order valence-electron chi connectivity index (χ4n) is 2.91. The molecule has 0 fully saturated rings. The Balaban J connectivity index is 2.09. The summed E-state index contributed by atoms with van der Waals surface area (Å²) in [4.78, 5) is 11.9. The maximum atomic E-state index is 11.9. The molecule has 2 rings (SSSR count). The predicted octanol–water partition coefficient (Wildman–Crippen LogP) is 4.21. The lowest BCUT2D eigenvalue weighted by Crippen LogP contribution is -2.38.